The zero-order chi connectivity index (χ0) is 36.9. The lowest BCUT2D eigenvalue weighted by atomic mass is 10.0. The van der Waals surface area contributed by atoms with E-state index in [1.807, 2.05) is 0 Å². The Bertz CT molecular complexity index is 764. The molecule has 6 nitrogen and oxygen atoms in total. The predicted octanol–water partition coefficient (Wildman–Crippen LogP) is 13.4. The Morgan fingerprint density at radius 2 is 0.660 bits per heavy atom. The highest BCUT2D eigenvalue weighted by Gasteiger charge is 2.19. The molecule has 0 unspecified atom stereocenters. The molecule has 0 heterocycles. The molecule has 0 amide bonds. The van der Waals surface area contributed by atoms with Gasteiger partial charge in [0.1, 0.15) is 13.2 Å². The molecule has 0 radical (unpaired) electrons. The van der Waals surface area contributed by atoms with Gasteiger partial charge in [-0.1, -0.05) is 195 Å². The van der Waals surface area contributed by atoms with Crippen molar-refractivity contribution in [2.75, 3.05) is 13.2 Å². The quantitative estimate of drug-likeness (QED) is 0.0361. The maximum Gasteiger partial charge on any atom is 0.306 e. The smallest absolute Gasteiger partial charge is 0.306 e. The Kier molecular flexibility index (Phi) is 36.0. The third kappa shape index (κ3) is 37.7. The number of hydrogen-bond donors (Lipinski definition) is 0. The molecule has 0 spiro atoms. The lowest BCUT2D eigenvalue weighted by molar-refractivity contribution is -0.167. The Labute approximate surface area is 310 Å². The number of unbranched alkanes of at least 4 members (excludes halogenated alkanes) is 23. The fourth-order valence-corrected chi connectivity index (χ4v) is 6.40. The first kappa shape index (κ1) is 48.4. The van der Waals surface area contributed by atoms with E-state index >= 15 is 0 Å². The highest BCUT2D eigenvalue weighted by Crippen LogP contribution is 2.16. The molecular formula is C44H84O6. The standard InChI is InChI=1S/C44H84O6/c1-6-7-8-9-10-11-12-13-14-15-16-17-24-29-34-42(45)48-37-41(50-44(47)36-31-26-21-19-23-28-33-40(4)5)38-49-43(46)35-30-25-20-18-22-27-32-39(2)3/h39-41H,6-38H2,1-5H3/t41-/m0/s1. The van der Waals surface area contributed by atoms with Gasteiger partial charge in [-0.2, -0.15) is 0 Å². The van der Waals surface area contributed by atoms with Gasteiger partial charge in [0.25, 0.3) is 0 Å². The van der Waals surface area contributed by atoms with Crippen molar-refractivity contribution in [3.8, 4) is 0 Å². The van der Waals surface area contributed by atoms with Gasteiger partial charge < -0.3 is 14.2 Å². The Morgan fingerprint density at radius 1 is 0.380 bits per heavy atom. The zero-order valence-corrected chi connectivity index (χ0v) is 34.0. The molecular weight excluding hydrogens is 624 g/mol. The van der Waals surface area contributed by atoms with Gasteiger partial charge in [0.2, 0.25) is 0 Å². The van der Waals surface area contributed by atoms with Crippen LogP contribution in [0.1, 0.15) is 234 Å². The molecule has 0 aliphatic heterocycles. The molecule has 0 saturated heterocycles. The maximum atomic E-state index is 12.6. The van der Waals surface area contributed by atoms with Crippen LogP contribution < -0.4 is 0 Å². The van der Waals surface area contributed by atoms with Crippen LogP contribution in [0.2, 0.25) is 0 Å². The molecule has 0 aliphatic carbocycles. The van der Waals surface area contributed by atoms with E-state index in [2.05, 4.69) is 34.6 Å². The van der Waals surface area contributed by atoms with Crippen molar-refractivity contribution in [2.24, 2.45) is 11.8 Å². The molecule has 1 atom stereocenters. The Balaban J connectivity index is 4.30. The van der Waals surface area contributed by atoms with Gasteiger partial charge in [-0.25, -0.2) is 0 Å². The van der Waals surface area contributed by atoms with E-state index in [9.17, 15) is 14.4 Å². The normalized spacial score (nSPS) is 12.1. The van der Waals surface area contributed by atoms with Crippen molar-refractivity contribution in [1.82, 2.24) is 0 Å². The molecule has 50 heavy (non-hydrogen) atoms. The van der Waals surface area contributed by atoms with Gasteiger partial charge in [-0.15, -0.1) is 0 Å². The van der Waals surface area contributed by atoms with Crippen LogP contribution in [-0.2, 0) is 28.6 Å². The average Bonchev–Trinajstić information content (AvgIpc) is 3.08. The average molecular weight is 709 g/mol. The molecule has 0 aliphatic rings. The second-order valence-corrected chi connectivity index (χ2v) is 15.9. The van der Waals surface area contributed by atoms with Crippen LogP contribution in [0.5, 0.6) is 0 Å². The van der Waals surface area contributed by atoms with E-state index in [-0.39, 0.29) is 31.1 Å². The zero-order valence-electron chi connectivity index (χ0n) is 34.0. The first-order valence-electron chi connectivity index (χ1n) is 21.7. The summed E-state index contributed by atoms with van der Waals surface area (Å²) < 4.78 is 16.6. The SMILES string of the molecule is CCCCCCCCCCCCCCCCC(=O)OC[C@@H](COC(=O)CCCCCCCCC(C)C)OC(=O)CCCCCCCCC(C)C. The van der Waals surface area contributed by atoms with Crippen LogP contribution in [0.4, 0.5) is 0 Å². The predicted molar refractivity (Wildman–Crippen MR) is 210 cm³/mol. The number of ether oxygens (including phenoxy) is 3. The third-order valence-electron chi connectivity index (χ3n) is 9.72. The Hall–Kier alpha value is -1.59. The molecule has 0 aromatic rings. The largest absolute Gasteiger partial charge is 0.462 e. The third-order valence-corrected chi connectivity index (χ3v) is 9.72. The molecule has 0 aromatic carbocycles. The lowest BCUT2D eigenvalue weighted by Crippen LogP contribution is -2.30. The van der Waals surface area contributed by atoms with Gasteiger partial charge in [0, 0.05) is 19.3 Å². The minimum absolute atomic E-state index is 0.0668. The summed E-state index contributed by atoms with van der Waals surface area (Å²) in [5, 5.41) is 0. The van der Waals surface area contributed by atoms with Gasteiger partial charge in [0.15, 0.2) is 6.10 Å². The van der Waals surface area contributed by atoms with Crippen molar-refractivity contribution in [3.63, 3.8) is 0 Å². The second-order valence-electron chi connectivity index (χ2n) is 15.9. The summed E-state index contributed by atoms with van der Waals surface area (Å²) in [6.07, 6.45) is 34.0. The second kappa shape index (κ2) is 37.2. The summed E-state index contributed by atoms with van der Waals surface area (Å²) >= 11 is 0. The van der Waals surface area contributed by atoms with Crippen molar-refractivity contribution < 1.29 is 28.6 Å². The highest BCUT2D eigenvalue weighted by molar-refractivity contribution is 5.71. The van der Waals surface area contributed by atoms with Gasteiger partial charge in [0.05, 0.1) is 0 Å². The van der Waals surface area contributed by atoms with Crippen LogP contribution in [-0.4, -0.2) is 37.2 Å². The van der Waals surface area contributed by atoms with E-state index < -0.39 is 6.10 Å². The monoisotopic (exact) mass is 709 g/mol. The van der Waals surface area contributed by atoms with E-state index in [1.165, 1.54) is 122 Å². The summed E-state index contributed by atoms with van der Waals surface area (Å²) in [5.41, 5.74) is 0. The fourth-order valence-electron chi connectivity index (χ4n) is 6.40. The number of carbonyl (C=O) groups excluding carboxylic acids is 3. The van der Waals surface area contributed by atoms with Crippen molar-refractivity contribution in [1.29, 1.82) is 0 Å². The van der Waals surface area contributed by atoms with E-state index in [0.717, 1.165) is 69.6 Å². The molecule has 6 heteroatoms. The number of rotatable bonds is 38. The van der Waals surface area contributed by atoms with Crippen molar-refractivity contribution in [2.45, 2.75) is 240 Å². The van der Waals surface area contributed by atoms with Crippen LogP contribution in [0.25, 0.3) is 0 Å². The van der Waals surface area contributed by atoms with Crippen LogP contribution in [0.3, 0.4) is 0 Å². The summed E-state index contributed by atoms with van der Waals surface area (Å²) in [4.78, 5) is 37.5. The van der Waals surface area contributed by atoms with Crippen LogP contribution >= 0.6 is 0 Å². The minimum atomic E-state index is -0.760. The molecule has 0 fully saturated rings. The molecule has 0 aromatic heterocycles. The van der Waals surface area contributed by atoms with Crippen LogP contribution in [0, 0.1) is 11.8 Å². The number of esters is 3. The maximum absolute atomic E-state index is 12.6. The highest BCUT2D eigenvalue weighted by atomic mass is 16.6. The van der Waals surface area contributed by atoms with Gasteiger partial charge in [-0.05, 0) is 31.1 Å². The molecule has 0 N–H and O–H groups in total. The summed E-state index contributed by atoms with van der Waals surface area (Å²) in [5.74, 6) is 0.653. The first-order chi connectivity index (χ1) is 24.2. The summed E-state index contributed by atoms with van der Waals surface area (Å²) in [6.45, 7) is 11.2. The lowest BCUT2D eigenvalue weighted by Gasteiger charge is -2.18. The fraction of sp³-hybridized carbons (Fsp3) is 0.932. The topological polar surface area (TPSA) is 78.9 Å². The van der Waals surface area contributed by atoms with Crippen LogP contribution in [0.15, 0.2) is 0 Å². The number of carbonyl (C=O) groups is 3. The summed E-state index contributed by atoms with van der Waals surface area (Å²) in [7, 11) is 0. The van der Waals surface area contributed by atoms with Crippen molar-refractivity contribution in [3.05, 3.63) is 0 Å². The van der Waals surface area contributed by atoms with Gasteiger partial charge >= 0.3 is 17.9 Å². The van der Waals surface area contributed by atoms with E-state index in [0.29, 0.717) is 19.3 Å². The molecule has 0 bridgehead atoms. The minimum Gasteiger partial charge on any atom is -0.462 e. The summed E-state index contributed by atoms with van der Waals surface area (Å²) in [6, 6.07) is 0. The first-order valence-corrected chi connectivity index (χ1v) is 21.7. The number of hydrogen-bond acceptors (Lipinski definition) is 6. The Morgan fingerprint density at radius 3 is 0.980 bits per heavy atom. The van der Waals surface area contributed by atoms with Gasteiger partial charge in [-0.3, -0.25) is 14.4 Å². The molecule has 296 valence electrons. The van der Waals surface area contributed by atoms with E-state index in [4.69, 9.17) is 14.2 Å². The van der Waals surface area contributed by atoms with Crippen molar-refractivity contribution >= 4 is 17.9 Å². The molecule has 0 saturated carbocycles. The van der Waals surface area contributed by atoms with E-state index in [1.54, 1.807) is 0 Å². The molecule has 0 rings (SSSR count).